The third-order valence-electron chi connectivity index (χ3n) is 5.57. The molecule has 30 heavy (non-hydrogen) atoms. The van der Waals surface area contributed by atoms with E-state index in [2.05, 4.69) is 0 Å². The number of rotatable bonds is 7. The minimum absolute atomic E-state index is 0.0968. The zero-order valence-corrected chi connectivity index (χ0v) is 18.0. The quantitative estimate of drug-likeness (QED) is 0.561. The summed E-state index contributed by atoms with van der Waals surface area (Å²) in [6.07, 6.45) is 5.31. The second kappa shape index (κ2) is 9.16. The molecule has 8 heteroatoms. The molecule has 0 bridgehead atoms. The predicted molar refractivity (Wildman–Crippen MR) is 119 cm³/mol. The fraction of sp³-hybridized carbons (Fsp3) is 0.455. The van der Waals surface area contributed by atoms with Crippen molar-refractivity contribution in [3.05, 3.63) is 45.1 Å². The zero-order valence-electron chi connectivity index (χ0n) is 17.1. The summed E-state index contributed by atoms with van der Waals surface area (Å²) in [4.78, 5) is 22.5. The topological polar surface area (TPSA) is 87.8 Å². The molecule has 1 aliphatic rings. The molecule has 0 fully saturated rings. The first kappa shape index (κ1) is 20.8. The van der Waals surface area contributed by atoms with Crippen molar-refractivity contribution in [1.29, 1.82) is 0 Å². The van der Waals surface area contributed by atoms with E-state index in [1.165, 1.54) is 11.3 Å². The summed E-state index contributed by atoms with van der Waals surface area (Å²) < 4.78 is 6.86. The molecule has 0 radical (unpaired) electrons. The van der Waals surface area contributed by atoms with E-state index in [9.17, 15) is 15.0 Å². The summed E-state index contributed by atoms with van der Waals surface area (Å²) >= 11 is 1.61. The van der Waals surface area contributed by atoms with E-state index in [0.717, 1.165) is 36.1 Å². The van der Waals surface area contributed by atoms with Gasteiger partial charge in [-0.2, -0.15) is 0 Å². The van der Waals surface area contributed by atoms with E-state index in [1.807, 2.05) is 24.3 Å². The van der Waals surface area contributed by atoms with Gasteiger partial charge in [0.05, 0.1) is 31.4 Å². The fourth-order valence-electron chi connectivity index (χ4n) is 4.10. The summed E-state index contributed by atoms with van der Waals surface area (Å²) in [7, 11) is 1.60. The molecule has 1 aromatic carbocycles. The first-order valence-electron chi connectivity index (χ1n) is 10.4. The number of hydrogen-bond acceptors (Lipinski definition) is 7. The smallest absolute Gasteiger partial charge is 0.268 e. The minimum atomic E-state index is -0.0997. The molecule has 4 rings (SSSR count). The van der Waals surface area contributed by atoms with E-state index >= 15 is 0 Å². The number of anilines is 1. The highest BCUT2D eigenvalue weighted by atomic mass is 32.1. The number of benzene rings is 1. The maximum absolute atomic E-state index is 13.8. The molecule has 2 heterocycles. The van der Waals surface area contributed by atoms with Crippen LogP contribution >= 0.6 is 11.3 Å². The molecule has 0 spiro atoms. The summed E-state index contributed by atoms with van der Waals surface area (Å²) in [5, 5.41) is 19.8. The van der Waals surface area contributed by atoms with E-state index in [4.69, 9.17) is 9.72 Å². The van der Waals surface area contributed by atoms with Crippen LogP contribution in [-0.4, -0.2) is 53.2 Å². The van der Waals surface area contributed by atoms with Crippen LogP contribution < -0.4 is 15.2 Å². The molecular formula is C22H27N3O4S. The number of aryl methyl sites for hydroxylation is 2. The van der Waals surface area contributed by atoms with Crippen molar-refractivity contribution in [1.82, 2.24) is 9.55 Å². The second-order valence-electron chi connectivity index (χ2n) is 7.43. The highest BCUT2D eigenvalue weighted by Gasteiger charge is 2.24. The monoisotopic (exact) mass is 429 g/mol. The van der Waals surface area contributed by atoms with Gasteiger partial charge in [-0.25, -0.2) is 9.55 Å². The Balaban J connectivity index is 1.98. The molecule has 2 N–H and O–H groups in total. The van der Waals surface area contributed by atoms with Crippen LogP contribution in [0.3, 0.4) is 0 Å². The van der Waals surface area contributed by atoms with Crippen molar-refractivity contribution in [2.75, 3.05) is 38.3 Å². The lowest BCUT2D eigenvalue weighted by atomic mass is 10.1. The van der Waals surface area contributed by atoms with Crippen molar-refractivity contribution in [3.63, 3.8) is 0 Å². The van der Waals surface area contributed by atoms with E-state index in [1.54, 1.807) is 27.9 Å². The molecule has 7 nitrogen and oxygen atoms in total. The summed E-state index contributed by atoms with van der Waals surface area (Å²) in [6, 6.07) is 7.29. The summed E-state index contributed by atoms with van der Waals surface area (Å²) in [5.41, 5.74) is 1.73. The highest BCUT2D eigenvalue weighted by molar-refractivity contribution is 7.18. The third kappa shape index (κ3) is 3.82. The molecule has 3 aromatic rings. The maximum atomic E-state index is 13.8. The van der Waals surface area contributed by atoms with E-state index in [0.29, 0.717) is 22.8 Å². The second-order valence-corrected chi connectivity index (χ2v) is 8.51. The Morgan fingerprint density at radius 2 is 1.80 bits per heavy atom. The Bertz CT molecular complexity index is 1070. The van der Waals surface area contributed by atoms with Crippen LogP contribution in [0.1, 0.15) is 29.7 Å². The van der Waals surface area contributed by atoms with Crippen molar-refractivity contribution in [3.8, 4) is 11.4 Å². The van der Waals surface area contributed by atoms with Crippen LogP contribution in [0.15, 0.2) is 29.1 Å². The number of thiophene rings is 1. The van der Waals surface area contributed by atoms with Gasteiger partial charge in [-0.15, -0.1) is 11.3 Å². The average molecular weight is 430 g/mol. The van der Waals surface area contributed by atoms with Crippen molar-refractivity contribution in [2.45, 2.75) is 32.1 Å². The lowest BCUT2D eigenvalue weighted by molar-refractivity contribution is 0.279. The van der Waals surface area contributed by atoms with Crippen LogP contribution in [0.25, 0.3) is 15.9 Å². The molecule has 0 atom stereocenters. The predicted octanol–water partition coefficient (Wildman–Crippen LogP) is 2.52. The zero-order chi connectivity index (χ0) is 21.1. The number of aliphatic hydroxyl groups is 2. The molecule has 0 aliphatic heterocycles. The number of methoxy groups -OCH3 is 1. The van der Waals surface area contributed by atoms with Gasteiger partial charge in [0.2, 0.25) is 5.95 Å². The number of nitrogens with zero attached hydrogens (tertiary/aromatic N) is 3. The Labute approximate surface area is 179 Å². The molecular weight excluding hydrogens is 402 g/mol. The number of hydrogen-bond donors (Lipinski definition) is 2. The van der Waals surface area contributed by atoms with E-state index in [-0.39, 0.29) is 31.9 Å². The van der Waals surface area contributed by atoms with Gasteiger partial charge in [-0.3, -0.25) is 4.79 Å². The van der Waals surface area contributed by atoms with Gasteiger partial charge in [-0.05, 0) is 55.5 Å². The van der Waals surface area contributed by atoms with Gasteiger partial charge in [0.25, 0.3) is 5.56 Å². The number of aromatic nitrogens is 2. The van der Waals surface area contributed by atoms with Crippen LogP contribution in [-0.2, 0) is 12.8 Å². The molecule has 160 valence electrons. The van der Waals surface area contributed by atoms with Gasteiger partial charge in [0.15, 0.2) is 0 Å². The van der Waals surface area contributed by atoms with Gasteiger partial charge in [0, 0.05) is 18.0 Å². The summed E-state index contributed by atoms with van der Waals surface area (Å²) in [6.45, 7) is 0.356. The van der Waals surface area contributed by atoms with Crippen molar-refractivity contribution < 1.29 is 14.9 Å². The van der Waals surface area contributed by atoms with Crippen LogP contribution in [0.4, 0.5) is 5.95 Å². The van der Waals surface area contributed by atoms with Crippen molar-refractivity contribution >= 4 is 27.5 Å². The van der Waals surface area contributed by atoms with Gasteiger partial charge in [-0.1, -0.05) is 6.42 Å². The molecule has 0 unspecified atom stereocenters. The Morgan fingerprint density at radius 3 is 2.47 bits per heavy atom. The summed E-state index contributed by atoms with van der Waals surface area (Å²) in [5.74, 6) is 1.14. The fourth-order valence-corrected chi connectivity index (χ4v) is 5.35. The average Bonchev–Trinajstić information content (AvgIpc) is 2.95. The van der Waals surface area contributed by atoms with Crippen LogP contribution in [0.2, 0.25) is 0 Å². The van der Waals surface area contributed by atoms with Gasteiger partial charge < -0.3 is 19.8 Å². The number of ether oxygens (including phenoxy) is 1. The first-order chi connectivity index (χ1) is 14.7. The molecule has 0 saturated carbocycles. The SMILES string of the molecule is COc1ccc(-n2c(N(CCO)CCO)nc3sc4c(c3c2=O)CCCCC4)cc1. The van der Waals surface area contributed by atoms with Crippen LogP contribution in [0, 0.1) is 0 Å². The highest BCUT2D eigenvalue weighted by Crippen LogP contribution is 2.34. The Hall–Kier alpha value is -2.42. The standard InChI is InChI=1S/C22H27N3O4S/c1-29-16-9-7-15(8-10-16)25-21(28)19-17-5-3-2-4-6-18(17)30-20(19)23-22(25)24(11-13-26)12-14-27/h7-10,26-27H,2-6,11-14H2,1H3. The Kier molecular flexibility index (Phi) is 6.36. The lowest BCUT2D eigenvalue weighted by Gasteiger charge is -2.25. The Morgan fingerprint density at radius 1 is 1.10 bits per heavy atom. The largest absolute Gasteiger partial charge is 0.497 e. The van der Waals surface area contributed by atoms with Gasteiger partial charge >= 0.3 is 0 Å². The lowest BCUT2D eigenvalue weighted by Crippen LogP contribution is -2.36. The van der Waals surface area contributed by atoms with Crippen LogP contribution in [0.5, 0.6) is 5.75 Å². The maximum Gasteiger partial charge on any atom is 0.268 e. The first-order valence-corrected chi connectivity index (χ1v) is 11.2. The number of fused-ring (bicyclic) bond motifs is 3. The molecule has 0 amide bonds. The molecule has 0 saturated heterocycles. The minimum Gasteiger partial charge on any atom is -0.497 e. The van der Waals surface area contributed by atoms with E-state index < -0.39 is 0 Å². The van der Waals surface area contributed by atoms with Gasteiger partial charge in [0.1, 0.15) is 10.6 Å². The van der Waals surface area contributed by atoms with Crippen molar-refractivity contribution in [2.24, 2.45) is 0 Å². The molecule has 1 aliphatic carbocycles. The number of aliphatic hydroxyl groups excluding tert-OH is 2. The molecule has 2 aromatic heterocycles. The third-order valence-corrected chi connectivity index (χ3v) is 6.76. The normalized spacial score (nSPS) is 13.8.